The quantitative estimate of drug-likeness (QED) is 0.460. The first-order valence-corrected chi connectivity index (χ1v) is 3.49. The number of anilines is 1. The molecular weight excluding hydrogens is 181 g/mol. The van der Waals surface area contributed by atoms with Crippen molar-refractivity contribution < 1.29 is 14.3 Å². The SMILES string of the molecule is Nc1ccc(S)c(C(=O)O)c1F. The maximum absolute atomic E-state index is 13.0. The molecule has 0 heterocycles. The number of rotatable bonds is 1. The summed E-state index contributed by atoms with van der Waals surface area (Å²) in [7, 11) is 0. The van der Waals surface area contributed by atoms with E-state index in [0.29, 0.717) is 0 Å². The summed E-state index contributed by atoms with van der Waals surface area (Å²) in [6, 6.07) is 2.61. The molecule has 0 aromatic heterocycles. The summed E-state index contributed by atoms with van der Waals surface area (Å²) in [5.41, 5.74) is 4.48. The van der Waals surface area contributed by atoms with Gasteiger partial charge in [0.1, 0.15) is 5.56 Å². The third-order valence-electron chi connectivity index (χ3n) is 1.36. The van der Waals surface area contributed by atoms with Crippen molar-refractivity contribution in [1.82, 2.24) is 0 Å². The maximum atomic E-state index is 13.0. The van der Waals surface area contributed by atoms with Gasteiger partial charge >= 0.3 is 5.97 Å². The fourth-order valence-electron chi connectivity index (χ4n) is 0.785. The fraction of sp³-hybridized carbons (Fsp3) is 0. The van der Waals surface area contributed by atoms with Crippen molar-refractivity contribution >= 4 is 24.3 Å². The van der Waals surface area contributed by atoms with Crippen LogP contribution in [0.15, 0.2) is 17.0 Å². The number of hydrogen-bond acceptors (Lipinski definition) is 3. The van der Waals surface area contributed by atoms with Crippen LogP contribution in [0, 0.1) is 5.82 Å². The smallest absolute Gasteiger partial charge is 0.339 e. The minimum absolute atomic E-state index is 0.0641. The molecule has 1 rings (SSSR count). The summed E-state index contributed by atoms with van der Waals surface area (Å²) in [6.07, 6.45) is 0. The largest absolute Gasteiger partial charge is 0.478 e. The third kappa shape index (κ3) is 1.35. The lowest BCUT2D eigenvalue weighted by Gasteiger charge is -2.02. The Morgan fingerprint density at radius 2 is 2.17 bits per heavy atom. The topological polar surface area (TPSA) is 63.3 Å². The first-order valence-electron chi connectivity index (χ1n) is 3.04. The maximum Gasteiger partial charge on any atom is 0.339 e. The predicted molar refractivity (Wildman–Crippen MR) is 45.0 cm³/mol. The van der Waals surface area contributed by atoms with Crippen molar-refractivity contribution in [3.63, 3.8) is 0 Å². The molecule has 0 radical (unpaired) electrons. The summed E-state index contributed by atoms with van der Waals surface area (Å²) in [4.78, 5) is 10.5. The van der Waals surface area contributed by atoms with Gasteiger partial charge in [0.15, 0.2) is 5.82 Å². The van der Waals surface area contributed by atoms with Gasteiger partial charge in [-0.2, -0.15) is 0 Å². The highest BCUT2D eigenvalue weighted by molar-refractivity contribution is 7.80. The van der Waals surface area contributed by atoms with Crippen molar-refractivity contribution in [2.24, 2.45) is 0 Å². The standard InChI is InChI=1S/C7H6FNO2S/c8-6-3(9)1-2-4(12)5(6)7(10)11/h1-2,12H,9H2,(H,10,11). The molecule has 0 aliphatic rings. The Hall–Kier alpha value is -1.23. The Balaban J connectivity index is 3.43. The van der Waals surface area contributed by atoms with Crippen LogP contribution < -0.4 is 5.73 Å². The van der Waals surface area contributed by atoms with E-state index in [1.165, 1.54) is 12.1 Å². The lowest BCUT2D eigenvalue weighted by Crippen LogP contribution is -2.04. The highest BCUT2D eigenvalue weighted by Gasteiger charge is 2.15. The van der Waals surface area contributed by atoms with Crippen LogP contribution in [0.1, 0.15) is 10.4 Å². The second kappa shape index (κ2) is 3.02. The molecule has 3 N–H and O–H groups in total. The third-order valence-corrected chi connectivity index (χ3v) is 1.74. The predicted octanol–water partition coefficient (Wildman–Crippen LogP) is 1.39. The van der Waals surface area contributed by atoms with E-state index in [9.17, 15) is 9.18 Å². The Labute approximate surface area is 73.4 Å². The molecule has 0 fully saturated rings. The van der Waals surface area contributed by atoms with Gasteiger partial charge < -0.3 is 10.8 Å². The zero-order chi connectivity index (χ0) is 9.30. The summed E-state index contributed by atoms with van der Waals surface area (Å²) >= 11 is 3.78. The Kier molecular flexibility index (Phi) is 2.23. The van der Waals surface area contributed by atoms with E-state index >= 15 is 0 Å². The molecule has 1 aromatic carbocycles. The average molecular weight is 187 g/mol. The summed E-state index contributed by atoms with van der Waals surface area (Å²) in [6.45, 7) is 0. The molecule has 0 aliphatic carbocycles. The van der Waals surface area contributed by atoms with Gasteiger partial charge in [0.2, 0.25) is 0 Å². The molecule has 5 heteroatoms. The number of nitrogens with two attached hydrogens (primary N) is 1. The van der Waals surface area contributed by atoms with Crippen molar-refractivity contribution in [1.29, 1.82) is 0 Å². The zero-order valence-corrected chi connectivity index (χ0v) is 6.81. The Morgan fingerprint density at radius 3 is 2.58 bits per heavy atom. The van der Waals surface area contributed by atoms with Gasteiger partial charge in [0, 0.05) is 4.90 Å². The molecule has 0 unspecified atom stereocenters. The Morgan fingerprint density at radius 1 is 1.58 bits per heavy atom. The summed E-state index contributed by atoms with van der Waals surface area (Å²) in [5.74, 6) is -2.31. The molecule has 3 nitrogen and oxygen atoms in total. The summed E-state index contributed by atoms with van der Waals surface area (Å²) in [5, 5.41) is 8.53. The number of thiol groups is 1. The highest BCUT2D eigenvalue weighted by atomic mass is 32.1. The van der Waals surface area contributed by atoms with Crippen LogP contribution in [-0.4, -0.2) is 11.1 Å². The molecule has 0 aliphatic heterocycles. The van der Waals surface area contributed by atoms with Crippen LogP contribution in [0.3, 0.4) is 0 Å². The molecule has 0 amide bonds. The van der Waals surface area contributed by atoms with E-state index in [-0.39, 0.29) is 10.6 Å². The van der Waals surface area contributed by atoms with Gasteiger partial charge in [0.25, 0.3) is 0 Å². The Bertz CT molecular complexity index is 340. The van der Waals surface area contributed by atoms with Gasteiger partial charge in [-0.3, -0.25) is 0 Å². The molecule has 0 saturated heterocycles. The number of nitrogen functional groups attached to an aromatic ring is 1. The van der Waals surface area contributed by atoms with Crippen molar-refractivity contribution in [3.8, 4) is 0 Å². The number of carbonyl (C=O) groups is 1. The first kappa shape index (κ1) is 8.86. The van der Waals surface area contributed by atoms with E-state index in [1.54, 1.807) is 0 Å². The molecule has 1 aromatic rings. The molecule has 64 valence electrons. The van der Waals surface area contributed by atoms with E-state index in [1.807, 2.05) is 0 Å². The van der Waals surface area contributed by atoms with Crippen molar-refractivity contribution in [2.75, 3.05) is 5.73 Å². The number of carboxylic acids is 1. The van der Waals surface area contributed by atoms with Gasteiger partial charge in [0.05, 0.1) is 5.69 Å². The summed E-state index contributed by atoms with van der Waals surface area (Å²) < 4.78 is 13.0. The van der Waals surface area contributed by atoms with Gasteiger partial charge in [-0.1, -0.05) is 0 Å². The number of carboxylic acid groups (broad SMARTS) is 1. The van der Waals surface area contributed by atoms with E-state index in [0.717, 1.165) is 0 Å². The minimum Gasteiger partial charge on any atom is -0.478 e. The lowest BCUT2D eigenvalue weighted by atomic mass is 10.2. The average Bonchev–Trinajstić information content (AvgIpc) is 1.97. The molecule has 0 spiro atoms. The van der Waals surface area contributed by atoms with Crippen LogP contribution in [0.4, 0.5) is 10.1 Å². The molecule has 0 atom stereocenters. The first-order chi connectivity index (χ1) is 5.54. The van der Waals surface area contributed by atoms with E-state index < -0.39 is 17.3 Å². The zero-order valence-electron chi connectivity index (χ0n) is 5.91. The van der Waals surface area contributed by atoms with Gasteiger partial charge in [-0.05, 0) is 12.1 Å². The lowest BCUT2D eigenvalue weighted by molar-refractivity contribution is 0.0688. The molecular formula is C7H6FNO2S. The molecule has 0 saturated carbocycles. The second-order valence-corrected chi connectivity index (χ2v) is 2.65. The van der Waals surface area contributed by atoms with Crippen molar-refractivity contribution in [2.45, 2.75) is 4.90 Å². The molecule has 12 heavy (non-hydrogen) atoms. The van der Waals surface area contributed by atoms with Crippen LogP contribution in [-0.2, 0) is 0 Å². The monoisotopic (exact) mass is 187 g/mol. The highest BCUT2D eigenvalue weighted by Crippen LogP contribution is 2.21. The number of halogens is 1. The number of benzene rings is 1. The van der Waals surface area contributed by atoms with Crippen LogP contribution in [0.25, 0.3) is 0 Å². The minimum atomic E-state index is -1.37. The molecule has 0 bridgehead atoms. The normalized spacial score (nSPS) is 9.83. The van der Waals surface area contributed by atoms with Crippen LogP contribution in [0.2, 0.25) is 0 Å². The van der Waals surface area contributed by atoms with E-state index in [4.69, 9.17) is 10.8 Å². The second-order valence-electron chi connectivity index (χ2n) is 2.17. The van der Waals surface area contributed by atoms with Crippen LogP contribution in [0.5, 0.6) is 0 Å². The van der Waals surface area contributed by atoms with E-state index in [2.05, 4.69) is 12.6 Å². The number of hydrogen-bond donors (Lipinski definition) is 3. The fourth-order valence-corrected chi connectivity index (χ4v) is 1.05. The van der Waals surface area contributed by atoms with Gasteiger partial charge in [-0.25, -0.2) is 9.18 Å². The van der Waals surface area contributed by atoms with Gasteiger partial charge in [-0.15, -0.1) is 12.6 Å². The van der Waals surface area contributed by atoms with Crippen molar-refractivity contribution in [3.05, 3.63) is 23.5 Å². The number of aromatic carboxylic acids is 1. The van der Waals surface area contributed by atoms with Crippen LogP contribution >= 0.6 is 12.6 Å².